The molecule has 96 valence electrons. The fourth-order valence-electron chi connectivity index (χ4n) is 3.61. The Hall–Kier alpha value is -1.15. The van der Waals surface area contributed by atoms with Crippen LogP contribution in [0.25, 0.3) is 6.08 Å². The van der Waals surface area contributed by atoms with Crippen molar-refractivity contribution in [3.8, 4) is 0 Å². The molecule has 0 radical (unpaired) electrons. The van der Waals surface area contributed by atoms with E-state index in [0.717, 1.165) is 12.0 Å². The van der Waals surface area contributed by atoms with Crippen LogP contribution in [0, 0.1) is 5.82 Å². The van der Waals surface area contributed by atoms with Crippen molar-refractivity contribution in [1.29, 1.82) is 0 Å². The molecule has 1 nitrogen and oxygen atoms in total. The minimum Gasteiger partial charge on any atom is -0.317 e. The second-order valence-corrected chi connectivity index (χ2v) is 5.65. The number of hydrogen-bond donors (Lipinski definition) is 1. The van der Waals surface area contributed by atoms with Crippen LogP contribution >= 0.6 is 0 Å². The average Bonchev–Trinajstić information content (AvgIpc) is 2.41. The first kappa shape index (κ1) is 11.9. The molecule has 1 aromatic rings. The number of halogens is 1. The highest BCUT2D eigenvalue weighted by Crippen LogP contribution is 2.46. The van der Waals surface area contributed by atoms with Crippen molar-refractivity contribution in [1.82, 2.24) is 5.32 Å². The first-order valence-corrected chi connectivity index (χ1v) is 6.88. The van der Waals surface area contributed by atoms with Gasteiger partial charge in [0.05, 0.1) is 0 Å². The van der Waals surface area contributed by atoms with Crippen LogP contribution in [-0.2, 0) is 5.41 Å². The minimum atomic E-state index is -0.0708. The van der Waals surface area contributed by atoms with E-state index < -0.39 is 0 Å². The van der Waals surface area contributed by atoms with Gasteiger partial charge in [-0.3, -0.25) is 0 Å². The monoisotopic (exact) mass is 245 g/mol. The van der Waals surface area contributed by atoms with E-state index in [-0.39, 0.29) is 11.2 Å². The van der Waals surface area contributed by atoms with Gasteiger partial charge in [0.25, 0.3) is 0 Å². The predicted molar refractivity (Wildman–Crippen MR) is 73.0 cm³/mol. The summed E-state index contributed by atoms with van der Waals surface area (Å²) in [7, 11) is 2.04. The zero-order chi connectivity index (χ0) is 12.6. The molecule has 2 aliphatic rings. The lowest BCUT2D eigenvalue weighted by molar-refractivity contribution is 0.251. The Balaban J connectivity index is 1.97. The number of nitrogens with one attached hydrogen (secondary N) is 1. The molecule has 0 aliphatic heterocycles. The lowest BCUT2D eigenvalue weighted by Crippen LogP contribution is -2.39. The molecule has 2 heteroatoms. The lowest BCUT2D eigenvalue weighted by Gasteiger charge is -2.42. The predicted octanol–water partition coefficient (Wildman–Crippen LogP) is 3.64. The van der Waals surface area contributed by atoms with Gasteiger partial charge in [0.1, 0.15) is 5.82 Å². The number of hydrogen-bond acceptors (Lipinski definition) is 1. The molecule has 1 aromatic carbocycles. The zero-order valence-corrected chi connectivity index (χ0v) is 10.9. The van der Waals surface area contributed by atoms with Gasteiger partial charge in [-0.1, -0.05) is 24.3 Å². The third-order valence-electron chi connectivity index (χ3n) is 4.77. The average molecular weight is 245 g/mol. The number of allylic oxidation sites excluding steroid dienone is 1. The molecule has 0 amide bonds. The van der Waals surface area contributed by atoms with Gasteiger partial charge >= 0.3 is 0 Å². The topological polar surface area (TPSA) is 12.0 Å². The van der Waals surface area contributed by atoms with Crippen LogP contribution in [0.5, 0.6) is 0 Å². The van der Waals surface area contributed by atoms with Crippen LogP contribution in [0.2, 0.25) is 0 Å². The molecule has 0 atom stereocenters. The van der Waals surface area contributed by atoms with Gasteiger partial charge in [0, 0.05) is 11.6 Å². The summed E-state index contributed by atoms with van der Waals surface area (Å²) in [6.07, 6.45) is 9.91. The van der Waals surface area contributed by atoms with Crippen molar-refractivity contribution in [2.45, 2.75) is 43.6 Å². The normalized spacial score (nSPS) is 30.4. The highest BCUT2D eigenvalue weighted by molar-refractivity contribution is 5.60. The van der Waals surface area contributed by atoms with Crippen LogP contribution in [0.1, 0.15) is 43.2 Å². The van der Waals surface area contributed by atoms with Crippen molar-refractivity contribution < 1.29 is 4.39 Å². The van der Waals surface area contributed by atoms with Crippen molar-refractivity contribution in [3.63, 3.8) is 0 Å². The molecule has 2 aliphatic carbocycles. The Labute approximate surface area is 108 Å². The third kappa shape index (κ3) is 1.79. The van der Waals surface area contributed by atoms with Gasteiger partial charge in [0.2, 0.25) is 0 Å². The smallest absolute Gasteiger partial charge is 0.130 e. The summed E-state index contributed by atoms with van der Waals surface area (Å²) in [5.41, 5.74) is 2.26. The van der Waals surface area contributed by atoms with E-state index >= 15 is 0 Å². The van der Waals surface area contributed by atoms with Crippen LogP contribution in [0.4, 0.5) is 4.39 Å². The molecule has 1 spiro atoms. The standard InChI is InChI=1S/C16H20FN/c1-18-12-7-10-16(11-8-12)9-3-4-13-14(16)5-2-6-15(13)17/h2-6,12,18H,7-11H2,1H3. The number of rotatable bonds is 1. The summed E-state index contributed by atoms with van der Waals surface area (Å²) >= 11 is 0. The molecule has 0 aromatic heterocycles. The molecule has 1 fully saturated rings. The molecule has 0 unspecified atom stereocenters. The Morgan fingerprint density at radius 3 is 2.78 bits per heavy atom. The maximum absolute atomic E-state index is 13.9. The van der Waals surface area contributed by atoms with E-state index in [1.165, 1.54) is 31.2 Å². The Morgan fingerprint density at radius 1 is 1.28 bits per heavy atom. The Bertz CT molecular complexity index is 470. The highest BCUT2D eigenvalue weighted by atomic mass is 19.1. The largest absolute Gasteiger partial charge is 0.317 e. The van der Waals surface area contributed by atoms with Crippen molar-refractivity contribution >= 4 is 6.08 Å². The van der Waals surface area contributed by atoms with E-state index in [2.05, 4.69) is 17.5 Å². The van der Waals surface area contributed by atoms with Gasteiger partial charge in [0.15, 0.2) is 0 Å². The maximum atomic E-state index is 13.9. The van der Waals surface area contributed by atoms with Gasteiger partial charge in [-0.25, -0.2) is 4.39 Å². The SMILES string of the molecule is CNC1CCC2(CC=Cc3c(F)cccc32)CC1. The van der Waals surface area contributed by atoms with Crippen LogP contribution in [0.15, 0.2) is 24.3 Å². The highest BCUT2D eigenvalue weighted by Gasteiger charge is 2.38. The third-order valence-corrected chi connectivity index (χ3v) is 4.77. The van der Waals surface area contributed by atoms with Gasteiger partial charge in [-0.05, 0) is 56.2 Å². The number of fused-ring (bicyclic) bond motifs is 2. The van der Waals surface area contributed by atoms with E-state index in [0.29, 0.717) is 6.04 Å². The maximum Gasteiger partial charge on any atom is 0.130 e. The first-order chi connectivity index (χ1) is 8.75. The van der Waals surface area contributed by atoms with Crippen LogP contribution < -0.4 is 5.32 Å². The van der Waals surface area contributed by atoms with E-state index in [4.69, 9.17) is 0 Å². The summed E-state index contributed by atoms with van der Waals surface area (Å²) < 4.78 is 13.9. The molecule has 18 heavy (non-hydrogen) atoms. The first-order valence-electron chi connectivity index (χ1n) is 6.88. The zero-order valence-electron chi connectivity index (χ0n) is 10.9. The lowest BCUT2D eigenvalue weighted by atomic mass is 9.63. The van der Waals surface area contributed by atoms with Crippen LogP contribution in [0.3, 0.4) is 0 Å². The fourth-order valence-corrected chi connectivity index (χ4v) is 3.61. The van der Waals surface area contributed by atoms with E-state index in [9.17, 15) is 4.39 Å². The molecule has 0 heterocycles. The minimum absolute atomic E-state index is 0.0708. The molecule has 0 saturated heterocycles. The summed E-state index contributed by atoms with van der Waals surface area (Å²) in [5, 5.41) is 3.37. The molecule has 1 N–H and O–H groups in total. The second kappa shape index (κ2) is 4.51. The summed E-state index contributed by atoms with van der Waals surface area (Å²) in [6, 6.07) is 6.20. The summed E-state index contributed by atoms with van der Waals surface area (Å²) in [4.78, 5) is 0. The van der Waals surface area contributed by atoms with Gasteiger partial charge in [-0.2, -0.15) is 0 Å². The van der Waals surface area contributed by atoms with E-state index in [1.807, 2.05) is 19.2 Å². The quantitative estimate of drug-likeness (QED) is 0.796. The Kier molecular flexibility index (Phi) is 2.98. The van der Waals surface area contributed by atoms with Gasteiger partial charge in [-0.15, -0.1) is 0 Å². The fraction of sp³-hybridized carbons (Fsp3) is 0.500. The van der Waals surface area contributed by atoms with E-state index in [1.54, 1.807) is 6.07 Å². The van der Waals surface area contributed by atoms with Gasteiger partial charge < -0.3 is 5.32 Å². The second-order valence-electron chi connectivity index (χ2n) is 5.65. The molecule has 3 rings (SSSR count). The molecule has 0 bridgehead atoms. The van der Waals surface area contributed by atoms with Crippen LogP contribution in [-0.4, -0.2) is 13.1 Å². The van der Waals surface area contributed by atoms with Crippen molar-refractivity contribution in [2.75, 3.05) is 7.05 Å². The van der Waals surface area contributed by atoms with Crippen molar-refractivity contribution in [2.24, 2.45) is 0 Å². The summed E-state index contributed by atoms with van der Waals surface area (Å²) in [6.45, 7) is 0. The Morgan fingerprint density at radius 2 is 2.06 bits per heavy atom. The molecular weight excluding hydrogens is 225 g/mol. The van der Waals surface area contributed by atoms with Crippen molar-refractivity contribution in [3.05, 3.63) is 41.2 Å². The molecule has 1 saturated carbocycles. The molecular formula is C16H20FN. The summed E-state index contributed by atoms with van der Waals surface area (Å²) in [5.74, 6) is -0.0708. The number of benzene rings is 1.